The van der Waals surface area contributed by atoms with Crippen LogP contribution in [-0.4, -0.2) is 84.9 Å². The van der Waals surface area contributed by atoms with Gasteiger partial charge in [0.2, 0.25) is 11.8 Å². The molecule has 0 radical (unpaired) electrons. The zero-order valence-electron chi connectivity index (χ0n) is 12.0. The van der Waals surface area contributed by atoms with Crippen LogP contribution in [0, 0.1) is 0 Å². The lowest BCUT2D eigenvalue weighted by atomic mass is 10.1. The molecule has 0 aromatic rings. The Labute approximate surface area is 120 Å². The van der Waals surface area contributed by atoms with E-state index in [-0.39, 0.29) is 17.9 Å². The van der Waals surface area contributed by atoms with Crippen LogP contribution in [0.1, 0.15) is 19.3 Å². The van der Waals surface area contributed by atoms with Crippen LogP contribution in [0.2, 0.25) is 0 Å². The molecule has 20 heavy (non-hydrogen) atoms. The van der Waals surface area contributed by atoms with E-state index in [1.807, 2.05) is 9.80 Å². The fourth-order valence-electron chi connectivity index (χ4n) is 3.23. The van der Waals surface area contributed by atoms with Crippen LogP contribution in [0.4, 0.5) is 0 Å². The lowest BCUT2D eigenvalue weighted by Crippen LogP contribution is -2.54. The van der Waals surface area contributed by atoms with E-state index in [9.17, 15) is 9.59 Å². The Morgan fingerprint density at radius 1 is 0.950 bits per heavy atom. The minimum Gasteiger partial charge on any atom is -0.341 e. The number of nitrogens with zero attached hydrogens (tertiary/aromatic N) is 3. The number of hydrogen-bond donors (Lipinski definition) is 1. The summed E-state index contributed by atoms with van der Waals surface area (Å²) in [5.41, 5.74) is 0. The average Bonchev–Trinajstić information content (AvgIpc) is 2.85. The highest BCUT2D eigenvalue weighted by molar-refractivity contribution is 5.84. The summed E-state index contributed by atoms with van der Waals surface area (Å²) in [6, 6.07) is -0.0710. The molecule has 3 aliphatic rings. The molecule has 0 bridgehead atoms. The van der Waals surface area contributed by atoms with Crippen molar-refractivity contribution in [3.05, 3.63) is 0 Å². The van der Waals surface area contributed by atoms with E-state index in [0.717, 1.165) is 65.1 Å². The number of carbonyl (C=O) groups excluding carboxylic acids is 2. The summed E-state index contributed by atoms with van der Waals surface area (Å²) in [4.78, 5) is 30.6. The van der Waals surface area contributed by atoms with Crippen LogP contribution < -0.4 is 5.32 Å². The molecule has 112 valence electrons. The van der Waals surface area contributed by atoms with Gasteiger partial charge in [-0.1, -0.05) is 0 Å². The first-order valence-electron chi connectivity index (χ1n) is 7.77. The zero-order chi connectivity index (χ0) is 13.9. The average molecular weight is 280 g/mol. The van der Waals surface area contributed by atoms with Crippen molar-refractivity contribution in [3.63, 3.8) is 0 Å². The highest BCUT2D eigenvalue weighted by atomic mass is 16.2. The second-order valence-corrected chi connectivity index (χ2v) is 5.94. The van der Waals surface area contributed by atoms with Crippen LogP contribution in [0.3, 0.4) is 0 Å². The van der Waals surface area contributed by atoms with Gasteiger partial charge < -0.3 is 15.1 Å². The van der Waals surface area contributed by atoms with E-state index in [1.165, 1.54) is 0 Å². The first-order chi connectivity index (χ1) is 9.75. The Hall–Kier alpha value is -1.14. The number of likely N-dealkylation sites (tertiary alicyclic amines) is 2. The van der Waals surface area contributed by atoms with Gasteiger partial charge in [0.05, 0.1) is 12.6 Å². The number of hydrogen-bond acceptors (Lipinski definition) is 4. The molecule has 3 fully saturated rings. The van der Waals surface area contributed by atoms with E-state index >= 15 is 0 Å². The molecule has 3 rings (SSSR count). The number of amides is 2. The second kappa shape index (κ2) is 6.10. The van der Waals surface area contributed by atoms with Gasteiger partial charge in [0.25, 0.3) is 0 Å². The van der Waals surface area contributed by atoms with Crippen molar-refractivity contribution in [2.24, 2.45) is 0 Å². The number of rotatable bonds is 3. The molecule has 3 aliphatic heterocycles. The fraction of sp³-hybridized carbons (Fsp3) is 0.857. The van der Waals surface area contributed by atoms with Crippen molar-refractivity contribution in [3.8, 4) is 0 Å². The molecule has 0 saturated carbocycles. The topological polar surface area (TPSA) is 55.9 Å². The minimum atomic E-state index is -0.0710. The standard InChI is InChI=1S/C14H24N4O2/c19-13(16-7-2-8-16)11-18-6-1-3-12(18)14(20)17-9-4-15-5-10-17/h12,15H,1-11H2. The van der Waals surface area contributed by atoms with Gasteiger partial charge in [-0.05, 0) is 25.8 Å². The van der Waals surface area contributed by atoms with Crippen molar-refractivity contribution < 1.29 is 9.59 Å². The van der Waals surface area contributed by atoms with Crippen LogP contribution in [-0.2, 0) is 9.59 Å². The molecular formula is C14H24N4O2. The Bertz CT molecular complexity index is 377. The molecule has 0 aliphatic carbocycles. The van der Waals surface area contributed by atoms with E-state index in [0.29, 0.717) is 6.54 Å². The van der Waals surface area contributed by atoms with Crippen LogP contribution >= 0.6 is 0 Å². The molecule has 6 heteroatoms. The van der Waals surface area contributed by atoms with Gasteiger partial charge in [0.15, 0.2) is 0 Å². The summed E-state index contributed by atoms with van der Waals surface area (Å²) in [5, 5.41) is 3.27. The highest BCUT2D eigenvalue weighted by Gasteiger charge is 2.36. The molecule has 0 aromatic heterocycles. The minimum absolute atomic E-state index is 0.0710. The van der Waals surface area contributed by atoms with Gasteiger partial charge in [-0.3, -0.25) is 14.5 Å². The smallest absolute Gasteiger partial charge is 0.240 e. The molecule has 2 amide bonds. The summed E-state index contributed by atoms with van der Waals surface area (Å²) < 4.78 is 0. The summed E-state index contributed by atoms with van der Waals surface area (Å²) in [7, 11) is 0. The number of carbonyl (C=O) groups is 2. The fourth-order valence-corrected chi connectivity index (χ4v) is 3.23. The largest absolute Gasteiger partial charge is 0.341 e. The van der Waals surface area contributed by atoms with Crippen LogP contribution in [0.15, 0.2) is 0 Å². The number of nitrogens with one attached hydrogen (secondary N) is 1. The van der Waals surface area contributed by atoms with Crippen molar-refractivity contribution in [1.82, 2.24) is 20.0 Å². The maximum Gasteiger partial charge on any atom is 0.240 e. The quantitative estimate of drug-likeness (QED) is 0.729. The summed E-state index contributed by atoms with van der Waals surface area (Å²) in [5.74, 6) is 0.414. The molecular weight excluding hydrogens is 256 g/mol. The molecule has 6 nitrogen and oxygen atoms in total. The summed E-state index contributed by atoms with van der Waals surface area (Å²) in [6.07, 6.45) is 3.04. The summed E-state index contributed by atoms with van der Waals surface area (Å²) >= 11 is 0. The highest BCUT2D eigenvalue weighted by Crippen LogP contribution is 2.20. The Morgan fingerprint density at radius 2 is 1.70 bits per heavy atom. The van der Waals surface area contributed by atoms with Gasteiger partial charge in [-0.15, -0.1) is 0 Å². The summed E-state index contributed by atoms with van der Waals surface area (Å²) in [6.45, 7) is 6.43. The lowest BCUT2D eigenvalue weighted by molar-refractivity contribution is -0.140. The Balaban J connectivity index is 1.56. The monoisotopic (exact) mass is 280 g/mol. The molecule has 0 spiro atoms. The van der Waals surface area contributed by atoms with Gasteiger partial charge in [0.1, 0.15) is 0 Å². The lowest BCUT2D eigenvalue weighted by Gasteiger charge is -2.35. The van der Waals surface area contributed by atoms with Crippen molar-refractivity contribution >= 4 is 11.8 Å². The maximum absolute atomic E-state index is 12.6. The third kappa shape index (κ3) is 2.81. The maximum atomic E-state index is 12.6. The van der Waals surface area contributed by atoms with Crippen LogP contribution in [0.25, 0.3) is 0 Å². The predicted molar refractivity (Wildman–Crippen MR) is 75.2 cm³/mol. The first-order valence-corrected chi connectivity index (χ1v) is 7.77. The third-order valence-electron chi connectivity index (χ3n) is 4.62. The molecule has 1 atom stereocenters. The SMILES string of the molecule is O=C(CN1CCCC1C(=O)N1CCNCC1)N1CCC1. The molecule has 0 aromatic carbocycles. The molecule has 1 unspecified atom stereocenters. The van der Waals surface area contributed by atoms with Crippen LogP contribution in [0.5, 0.6) is 0 Å². The Kier molecular flexibility index (Phi) is 4.21. The van der Waals surface area contributed by atoms with E-state index in [1.54, 1.807) is 0 Å². The van der Waals surface area contributed by atoms with Crippen molar-refractivity contribution in [2.45, 2.75) is 25.3 Å². The third-order valence-corrected chi connectivity index (χ3v) is 4.62. The molecule has 3 heterocycles. The van der Waals surface area contributed by atoms with Crippen molar-refractivity contribution in [2.75, 3.05) is 52.4 Å². The van der Waals surface area contributed by atoms with E-state index in [4.69, 9.17) is 0 Å². The van der Waals surface area contributed by atoms with Gasteiger partial charge in [0, 0.05) is 39.3 Å². The molecule has 3 saturated heterocycles. The predicted octanol–water partition coefficient (Wildman–Crippen LogP) is -0.885. The van der Waals surface area contributed by atoms with E-state index < -0.39 is 0 Å². The number of piperazine rings is 1. The Morgan fingerprint density at radius 3 is 2.35 bits per heavy atom. The van der Waals surface area contributed by atoms with E-state index in [2.05, 4.69) is 10.2 Å². The zero-order valence-corrected chi connectivity index (χ0v) is 12.0. The van der Waals surface area contributed by atoms with Gasteiger partial charge >= 0.3 is 0 Å². The first kappa shape index (κ1) is 13.8. The normalized spacial score (nSPS) is 27.5. The van der Waals surface area contributed by atoms with Crippen molar-refractivity contribution in [1.29, 1.82) is 0 Å². The second-order valence-electron chi connectivity index (χ2n) is 5.94. The molecule has 1 N–H and O–H groups in total. The van der Waals surface area contributed by atoms with Gasteiger partial charge in [-0.25, -0.2) is 0 Å². The van der Waals surface area contributed by atoms with Gasteiger partial charge in [-0.2, -0.15) is 0 Å².